The maximum absolute atomic E-state index is 12.6. The molecular formula is C27H45NO5. The van der Waals surface area contributed by atoms with E-state index in [9.17, 15) is 9.90 Å². The first-order valence-corrected chi connectivity index (χ1v) is 13.5. The normalized spacial score (nSPS) is 54.1. The van der Waals surface area contributed by atoms with Crippen LogP contribution in [0, 0.1) is 34.5 Å². The van der Waals surface area contributed by atoms with Gasteiger partial charge < -0.3 is 25.1 Å². The molecule has 4 saturated carbocycles. The van der Waals surface area contributed by atoms with Crippen LogP contribution in [0.3, 0.4) is 0 Å². The number of methoxy groups -OCH3 is 1. The standard InChI is InChI=1S/C27H45NO5/c1-16-22(29)7-8-23(32-16)33-18-9-12-25(2)17(15-18)5-6-20-19(25)10-13-26(3)21(24(30)31-4)11-14-27(20,26)28/h16-23,29H,5-15,28H2,1-4H3/t16-,17+,18-,19-,20+,21-,22+,23+,25-,26+,27-/m0/s1. The van der Waals surface area contributed by atoms with Crippen LogP contribution in [0.5, 0.6) is 0 Å². The number of carbonyl (C=O) groups excluding carboxylic acids is 1. The molecule has 0 spiro atoms. The first kappa shape index (κ1) is 24.0. The summed E-state index contributed by atoms with van der Waals surface area (Å²) >= 11 is 0. The molecule has 0 aromatic rings. The molecule has 1 heterocycles. The van der Waals surface area contributed by atoms with Gasteiger partial charge >= 0.3 is 5.97 Å². The molecule has 11 atom stereocenters. The fourth-order valence-electron chi connectivity index (χ4n) is 9.19. The van der Waals surface area contributed by atoms with Gasteiger partial charge in [-0.15, -0.1) is 0 Å². The number of rotatable bonds is 3. The predicted octanol–water partition coefficient (Wildman–Crippen LogP) is 4.17. The van der Waals surface area contributed by atoms with Crippen LogP contribution < -0.4 is 5.73 Å². The lowest BCUT2D eigenvalue weighted by molar-refractivity contribution is -0.247. The van der Waals surface area contributed by atoms with Crippen LogP contribution in [-0.2, 0) is 19.0 Å². The molecule has 1 aliphatic heterocycles. The van der Waals surface area contributed by atoms with Crippen LogP contribution in [0.4, 0.5) is 0 Å². The quantitative estimate of drug-likeness (QED) is 0.482. The molecular weight excluding hydrogens is 418 g/mol. The number of esters is 1. The second-order valence-electron chi connectivity index (χ2n) is 12.6. The first-order valence-electron chi connectivity index (χ1n) is 13.5. The number of ether oxygens (including phenoxy) is 3. The molecule has 1 saturated heterocycles. The van der Waals surface area contributed by atoms with Crippen molar-refractivity contribution in [3.8, 4) is 0 Å². The smallest absolute Gasteiger partial charge is 0.309 e. The molecule has 5 rings (SSSR count). The topological polar surface area (TPSA) is 91.0 Å². The van der Waals surface area contributed by atoms with Crippen LogP contribution in [0.25, 0.3) is 0 Å². The van der Waals surface area contributed by atoms with Crippen molar-refractivity contribution in [1.82, 2.24) is 0 Å². The van der Waals surface area contributed by atoms with Crippen LogP contribution >= 0.6 is 0 Å². The second-order valence-corrected chi connectivity index (χ2v) is 12.6. The van der Waals surface area contributed by atoms with Gasteiger partial charge in [-0.25, -0.2) is 0 Å². The molecule has 0 aromatic heterocycles. The van der Waals surface area contributed by atoms with Gasteiger partial charge in [0.15, 0.2) is 6.29 Å². The SMILES string of the molecule is COC(=O)[C@@H]1CC[C@]2(N)[C@@H]3CC[C@@H]4C[C@@H](O[C@@H]5CC[C@@H](O)[C@H](C)O5)CC[C@]4(C)[C@H]3CC[C@]12C. The summed E-state index contributed by atoms with van der Waals surface area (Å²) in [6.07, 6.45) is 10.9. The van der Waals surface area contributed by atoms with Crippen molar-refractivity contribution in [3.05, 3.63) is 0 Å². The van der Waals surface area contributed by atoms with Gasteiger partial charge in [0.2, 0.25) is 0 Å². The highest BCUT2D eigenvalue weighted by molar-refractivity contribution is 5.74. The van der Waals surface area contributed by atoms with Crippen molar-refractivity contribution >= 4 is 5.97 Å². The van der Waals surface area contributed by atoms with E-state index < -0.39 is 0 Å². The largest absolute Gasteiger partial charge is 0.469 e. The van der Waals surface area contributed by atoms with Gasteiger partial charge in [-0.1, -0.05) is 13.8 Å². The summed E-state index contributed by atoms with van der Waals surface area (Å²) < 4.78 is 17.6. The number of hydrogen-bond acceptors (Lipinski definition) is 6. The second kappa shape index (κ2) is 8.46. The van der Waals surface area contributed by atoms with Crippen LogP contribution in [0.1, 0.15) is 91.4 Å². The van der Waals surface area contributed by atoms with Crippen molar-refractivity contribution in [3.63, 3.8) is 0 Å². The Labute approximate surface area is 199 Å². The number of nitrogens with two attached hydrogens (primary N) is 1. The fourth-order valence-corrected chi connectivity index (χ4v) is 9.19. The lowest BCUT2D eigenvalue weighted by Crippen LogP contribution is -2.66. The molecule has 4 aliphatic carbocycles. The average molecular weight is 464 g/mol. The Morgan fingerprint density at radius 3 is 2.52 bits per heavy atom. The number of aliphatic hydroxyl groups excluding tert-OH is 1. The lowest BCUT2D eigenvalue weighted by atomic mass is 9.42. The van der Waals surface area contributed by atoms with E-state index in [0.29, 0.717) is 23.2 Å². The van der Waals surface area contributed by atoms with Crippen molar-refractivity contribution in [2.75, 3.05) is 7.11 Å². The summed E-state index contributed by atoms with van der Waals surface area (Å²) in [5.41, 5.74) is 7.22. The molecule has 33 heavy (non-hydrogen) atoms. The minimum absolute atomic E-state index is 0.0560. The van der Waals surface area contributed by atoms with Crippen molar-refractivity contribution in [2.45, 2.75) is 122 Å². The summed E-state index contributed by atoms with van der Waals surface area (Å²) in [5.74, 6) is 1.67. The Hall–Kier alpha value is -0.690. The van der Waals surface area contributed by atoms with Gasteiger partial charge in [0.05, 0.1) is 31.3 Å². The van der Waals surface area contributed by atoms with Gasteiger partial charge in [0.1, 0.15) is 0 Å². The Kier molecular flexibility index (Phi) is 6.16. The number of aliphatic hydroxyl groups is 1. The maximum Gasteiger partial charge on any atom is 0.309 e. The molecule has 6 heteroatoms. The zero-order valence-electron chi connectivity index (χ0n) is 21.1. The van der Waals surface area contributed by atoms with Gasteiger partial charge in [-0.2, -0.15) is 0 Å². The molecule has 3 N–H and O–H groups in total. The molecule has 0 radical (unpaired) electrons. The highest BCUT2D eigenvalue weighted by Crippen LogP contribution is 2.68. The van der Waals surface area contributed by atoms with Crippen LogP contribution in [0.2, 0.25) is 0 Å². The summed E-state index contributed by atoms with van der Waals surface area (Å²) in [4.78, 5) is 12.6. The van der Waals surface area contributed by atoms with E-state index in [0.717, 1.165) is 44.9 Å². The minimum Gasteiger partial charge on any atom is -0.469 e. The minimum atomic E-state index is -0.371. The van der Waals surface area contributed by atoms with Crippen LogP contribution in [0.15, 0.2) is 0 Å². The third-order valence-electron chi connectivity index (χ3n) is 11.4. The Bertz CT molecular complexity index is 761. The molecule has 0 unspecified atom stereocenters. The number of carbonyl (C=O) groups is 1. The van der Waals surface area contributed by atoms with Crippen LogP contribution in [-0.4, -0.2) is 48.3 Å². The first-order chi connectivity index (χ1) is 15.6. The zero-order valence-corrected chi connectivity index (χ0v) is 21.1. The zero-order chi connectivity index (χ0) is 23.6. The summed E-state index contributed by atoms with van der Waals surface area (Å²) in [6.45, 7) is 6.74. The van der Waals surface area contributed by atoms with E-state index in [2.05, 4.69) is 13.8 Å². The molecule has 0 amide bonds. The van der Waals surface area contributed by atoms with Crippen molar-refractivity contribution < 1.29 is 24.1 Å². The van der Waals surface area contributed by atoms with E-state index >= 15 is 0 Å². The highest BCUT2D eigenvalue weighted by Gasteiger charge is 2.67. The molecule has 0 bridgehead atoms. The molecule has 5 aliphatic rings. The average Bonchev–Trinajstić information content (AvgIpc) is 3.07. The Morgan fingerprint density at radius 1 is 1.00 bits per heavy atom. The summed E-state index contributed by atoms with van der Waals surface area (Å²) in [7, 11) is 1.52. The Morgan fingerprint density at radius 2 is 1.79 bits per heavy atom. The third-order valence-corrected chi connectivity index (χ3v) is 11.4. The van der Waals surface area contributed by atoms with Gasteiger partial charge in [-0.3, -0.25) is 4.79 Å². The monoisotopic (exact) mass is 463 g/mol. The van der Waals surface area contributed by atoms with E-state index in [1.807, 2.05) is 6.92 Å². The Balaban J connectivity index is 1.28. The summed E-state index contributed by atoms with van der Waals surface area (Å²) in [6, 6.07) is 0. The van der Waals surface area contributed by atoms with E-state index in [4.69, 9.17) is 19.9 Å². The highest BCUT2D eigenvalue weighted by atomic mass is 16.7. The molecule has 5 fully saturated rings. The van der Waals surface area contributed by atoms with E-state index in [1.54, 1.807) is 0 Å². The third kappa shape index (κ3) is 3.61. The van der Waals surface area contributed by atoms with Gasteiger partial charge in [-0.05, 0) is 99.7 Å². The lowest BCUT2D eigenvalue weighted by Gasteiger charge is -2.64. The predicted molar refractivity (Wildman–Crippen MR) is 125 cm³/mol. The maximum atomic E-state index is 12.6. The van der Waals surface area contributed by atoms with Gasteiger partial charge in [0.25, 0.3) is 0 Å². The van der Waals surface area contributed by atoms with E-state index in [1.165, 1.54) is 32.8 Å². The number of hydrogen-bond donors (Lipinski definition) is 2. The molecule has 0 aromatic carbocycles. The van der Waals surface area contributed by atoms with Crippen molar-refractivity contribution in [2.24, 2.45) is 40.2 Å². The molecule has 188 valence electrons. The summed E-state index contributed by atoms with van der Waals surface area (Å²) in [5, 5.41) is 9.95. The number of fused-ring (bicyclic) bond motifs is 5. The van der Waals surface area contributed by atoms with E-state index in [-0.39, 0.29) is 47.4 Å². The van der Waals surface area contributed by atoms with Gasteiger partial charge in [0, 0.05) is 12.0 Å². The fraction of sp³-hybridized carbons (Fsp3) is 0.963. The van der Waals surface area contributed by atoms with Crippen molar-refractivity contribution in [1.29, 1.82) is 0 Å². The molecule has 6 nitrogen and oxygen atoms in total.